The van der Waals surface area contributed by atoms with Gasteiger partial charge >= 0.3 is 5.97 Å². The normalized spacial score (nSPS) is 21.7. The molecule has 1 saturated heterocycles. The van der Waals surface area contributed by atoms with Gasteiger partial charge in [0.15, 0.2) is 0 Å². The molecule has 0 radical (unpaired) electrons. The van der Waals surface area contributed by atoms with Gasteiger partial charge in [-0.2, -0.15) is 0 Å². The minimum atomic E-state index is -0.710. The van der Waals surface area contributed by atoms with Gasteiger partial charge in [-0.05, 0) is 36.8 Å². The Morgan fingerprint density at radius 3 is 2.50 bits per heavy atom. The van der Waals surface area contributed by atoms with Crippen LogP contribution in [-0.4, -0.2) is 49.7 Å². The molecule has 1 N–H and O–H groups in total. The van der Waals surface area contributed by atoms with Crippen molar-refractivity contribution in [2.45, 2.75) is 19.3 Å². The van der Waals surface area contributed by atoms with E-state index in [4.69, 9.17) is 5.11 Å². The number of benzene rings is 1. The molecule has 1 atom stereocenters. The number of aliphatic carboxylic acids is 1. The van der Waals surface area contributed by atoms with Crippen LogP contribution in [0.15, 0.2) is 36.7 Å². The number of para-hydroxylation sites is 1. The summed E-state index contributed by atoms with van der Waals surface area (Å²) in [6.07, 6.45) is 3.77. The van der Waals surface area contributed by atoms with Gasteiger partial charge in [-0.3, -0.25) is 9.59 Å². The molecular weight excluding hydrogens is 308 g/mol. The number of likely N-dealkylation sites (tertiary alicyclic amines) is 1. The maximum absolute atomic E-state index is 12.6. The Morgan fingerprint density at radius 1 is 1.17 bits per heavy atom. The van der Waals surface area contributed by atoms with E-state index in [9.17, 15) is 9.59 Å². The van der Waals surface area contributed by atoms with Crippen LogP contribution in [-0.2, 0) is 4.79 Å². The zero-order valence-electron chi connectivity index (χ0n) is 13.1. The summed E-state index contributed by atoms with van der Waals surface area (Å²) in [5, 5.41) is 13.4. The van der Waals surface area contributed by atoms with Crippen molar-refractivity contribution in [1.29, 1.82) is 0 Å². The molecule has 7 nitrogen and oxygen atoms in total. The molecule has 1 aromatic heterocycles. The number of amides is 1. The molecule has 2 aromatic rings. The summed E-state index contributed by atoms with van der Waals surface area (Å²) in [7, 11) is 0. The van der Waals surface area contributed by atoms with E-state index in [1.165, 1.54) is 6.33 Å². The van der Waals surface area contributed by atoms with Crippen LogP contribution < -0.4 is 0 Å². The van der Waals surface area contributed by atoms with E-state index in [0.717, 1.165) is 24.9 Å². The molecule has 1 amide bonds. The fraction of sp³-hybridized carbons (Fsp3) is 0.412. The second-order valence-corrected chi connectivity index (χ2v) is 6.60. The fourth-order valence-electron chi connectivity index (χ4n) is 3.61. The number of carboxylic acid groups (broad SMARTS) is 1. The highest BCUT2D eigenvalue weighted by Crippen LogP contribution is 2.59. The molecule has 1 aliphatic heterocycles. The summed E-state index contributed by atoms with van der Waals surface area (Å²) in [5.74, 6) is -0.948. The van der Waals surface area contributed by atoms with Crippen molar-refractivity contribution in [2.75, 3.05) is 13.1 Å². The summed E-state index contributed by atoms with van der Waals surface area (Å²) in [4.78, 5) is 29.5. The lowest BCUT2D eigenvalue weighted by Gasteiger charge is -2.31. The molecule has 1 saturated carbocycles. The standard InChI is InChI=1S/C17H18N4O3/c22-15(14-18-11-21(19-14)12-4-2-1-3-5-12)20-8-6-17(7-9-20)10-13(17)16(23)24/h1-5,11,13H,6-10H2,(H,23,24). The van der Waals surface area contributed by atoms with Crippen molar-refractivity contribution >= 4 is 11.9 Å². The van der Waals surface area contributed by atoms with Gasteiger partial charge in [-0.15, -0.1) is 5.10 Å². The largest absolute Gasteiger partial charge is 0.481 e. The average molecular weight is 326 g/mol. The molecule has 1 spiro atoms. The summed E-state index contributed by atoms with van der Waals surface area (Å²) in [6.45, 7) is 1.14. The maximum Gasteiger partial charge on any atom is 0.307 e. The molecule has 0 bridgehead atoms. The van der Waals surface area contributed by atoms with Crippen molar-refractivity contribution in [2.24, 2.45) is 11.3 Å². The SMILES string of the molecule is O=C(O)C1CC12CCN(C(=O)c1ncn(-c3ccccc3)n1)CC2. The number of carbonyl (C=O) groups is 2. The van der Waals surface area contributed by atoms with Crippen LogP contribution in [0.25, 0.3) is 5.69 Å². The van der Waals surface area contributed by atoms with Gasteiger partial charge in [0.25, 0.3) is 5.91 Å². The molecule has 2 heterocycles. The van der Waals surface area contributed by atoms with Crippen molar-refractivity contribution in [3.63, 3.8) is 0 Å². The third kappa shape index (κ3) is 2.46. The minimum Gasteiger partial charge on any atom is -0.481 e. The predicted octanol–water partition coefficient (Wildman–Crippen LogP) is 1.59. The van der Waals surface area contributed by atoms with E-state index in [1.807, 2.05) is 30.3 Å². The average Bonchev–Trinajstić information content (AvgIpc) is 3.09. The predicted molar refractivity (Wildman–Crippen MR) is 84.7 cm³/mol. The summed E-state index contributed by atoms with van der Waals surface area (Å²) in [6, 6.07) is 9.51. The highest BCUT2D eigenvalue weighted by molar-refractivity contribution is 5.90. The van der Waals surface area contributed by atoms with Crippen LogP contribution in [0.2, 0.25) is 0 Å². The molecule has 124 valence electrons. The topological polar surface area (TPSA) is 88.3 Å². The van der Waals surface area contributed by atoms with Gasteiger partial charge in [0.05, 0.1) is 11.6 Å². The van der Waals surface area contributed by atoms with Gasteiger partial charge in [0, 0.05) is 13.1 Å². The first-order valence-electron chi connectivity index (χ1n) is 8.08. The van der Waals surface area contributed by atoms with Crippen LogP contribution in [0.3, 0.4) is 0 Å². The van der Waals surface area contributed by atoms with Crippen LogP contribution in [0, 0.1) is 11.3 Å². The Bertz CT molecular complexity index is 778. The van der Waals surface area contributed by atoms with Crippen LogP contribution in [0.1, 0.15) is 29.9 Å². The Kier molecular flexibility index (Phi) is 3.37. The third-order valence-electron chi connectivity index (χ3n) is 5.24. The Morgan fingerprint density at radius 2 is 1.88 bits per heavy atom. The van der Waals surface area contributed by atoms with Crippen molar-refractivity contribution < 1.29 is 14.7 Å². The minimum absolute atomic E-state index is 0.0839. The molecule has 4 rings (SSSR count). The molecular formula is C17H18N4O3. The highest BCUT2D eigenvalue weighted by atomic mass is 16.4. The first-order chi connectivity index (χ1) is 11.6. The number of hydrogen-bond donors (Lipinski definition) is 1. The van der Waals surface area contributed by atoms with E-state index in [-0.39, 0.29) is 23.1 Å². The van der Waals surface area contributed by atoms with E-state index in [2.05, 4.69) is 10.1 Å². The van der Waals surface area contributed by atoms with Gasteiger partial charge in [0.2, 0.25) is 5.82 Å². The molecule has 24 heavy (non-hydrogen) atoms. The maximum atomic E-state index is 12.6. The Labute approximate surface area is 138 Å². The van der Waals surface area contributed by atoms with Gasteiger partial charge in [-0.1, -0.05) is 18.2 Å². The van der Waals surface area contributed by atoms with Crippen LogP contribution >= 0.6 is 0 Å². The number of piperidine rings is 1. The summed E-state index contributed by atoms with van der Waals surface area (Å²) >= 11 is 0. The lowest BCUT2D eigenvalue weighted by atomic mass is 9.91. The second-order valence-electron chi connectivity index (χ2n) is 6.60. The zero-order chi connectivity index (χ0) is 16.7. The van der Waals surface area contributed by atoms with Gasteiger partial charge in [0.1, 0.15) is 6.33 Å². The first kappa shape index (κ1) is 14.9. The summed E-state index contributed by atoms with van der Waals surface area (Å²) < 4.78 is 1.58. The monoisotopic (exact) mass is 326 g/mol. The van der Waals surface area contributed by atoms with Crippen LogP contribution in [0.5, 0.6) is 0 Å². The van der Waals surface area contributed by atoms with Crippen LogP contribution in [0.4, 0.5) is 0 Å². The molecule has 1 aliphatic carbocycles. The third-order valence-corrected chi connectivity index (χ3v) is 5.24. The highest BCUT2D eigenvalue weighted by Gasteiger charge is 2.59. The molecule has 1 aromatic carbocycles. The van der Waals surface area contributed by atoms with E-state index < -0.39 is 5.97 Å². The number of rotatable bonds is 3. The number of aromatic nitrogens is 3. The van der Waals surface area contributed by atoms with Crippen molar-refractivity contribution in [1.82, 2.24) is 19.7 Å². The lowest BCUT2D eigenvalue weighted by Crippen LogP contribution is -2.40. The molecule has 2 fully saturated rings. The molecule has 2 aliphatic rings. The van der Waals surface area contributed by atoms with E-state index in [1.54, 1.807) is 9.58 Å². The second kappa shape index (κ2) is 5.43. The van der Waals surface area contributed by atoms with E-state index in [0.29, 0.717) is 13.1 Å². The number of carbonyl (C=O) groups excluding carboxylic acids is 1. The van der Waals surface area contributed by atoms with E-state index >= 15 is 0 Å². The van der Waals surface area contributed by atoms with Gasteiger partial charge < -0.3 is 10.0 Å². The Balaban J connectivity index is 1.43. The van der Waals surface area contributed by atoms with Crippen molar-refractivity contribution in [3.8, 4) is 5.69 Å². The number of nitrogens with zero attached hydrogens (tertiary/aromatic N) is 4. The lowest BCUT2D eigenvalue weighted by molar-refractivity contribution is -0.139. The number of hydrogen-bond acceptors (Lipinski definition) is 4. The molecule has 1 unspecified atom stereocenters. The smallest absolute Gasteiger partial charge is 0.307 e. The number of carboxylic acids is 1. The van der Waals surface area contributed by atoms with Gasteiger partial charge in [-0.25, -0.2) is 9.67 Å². The molecule has 7 heteroatoms. The first-order valence-corrected chi connectivity index (χ1v) is 8.08. The fourth-order valence-corrected chi connectivity index (χ4v) is 3.61. The quantitative estimate of drug-likeness (QED) is 0.925. The Hall–Kier alpha value is -2.70. The zero-order valence-corrected chi connectivity index (χ0v) is 13.1. The van der Waals surface area contributed by atoms with Crippen molar-refractivity contribution in [3.05, 3.63) is 42.5 Å². The summed E-state index contributed by atoms with van der Waals surface area (Å²) in [5.41, 5.74) is 0.767.